The van der Waals surface area contributed by atoms with Gasteiger partial charge >= 0.3 is 0 Å². The number of amides is 3. The van der Waals surface area contributed by atoms with Crippen molar-refractivity contribution in [2.24, 2.45) is 5.92 Å². The van der Waals surface area contributed by atoms with Crippen molar-refractivity contribution in [2.45, 2.75) is 102 Å². The van der Waals surface area contributed by atoms with Gasteiger partial charge in [-0.05, 0) is 79.0 Å². The fourth-order valence-corrected chi connectivity index (χ4v) is 7.51. The van der Waals surface area contributed by atoms with Crippen molar-refractivity contribution in [3.63, 3.8) is 0 Å². The predicted octanol–water partition coefficient (Wildman–Crippen LogP) is 4.59. The molecule has 2 heterocycles. The zero-order chi connectivity index (χ0) is 37.4. The zero-order valence-electron chi connectivity index (χ0n) is 29.9. The summed E-state index contributed by atoms with van der Waals surface area (Å²) in [5, 5.41) is 20.9. The number of rotatable bonds is 16. The Morgan fingerprint density at radius 2 is 1.69 bits per heavy atom. The Morgan fingerprint density at radius 3 is 2.35 bits per heavy atom. The van der Waals surface area contributed by atoms with Crippen LogP contribution in [0.4, 0.5) is 13.2 Å². The molecule has 0 spiro atoms. The van der Waals surface area contributed by atoms with Crippen LogP contribution in [0.2, 0.25) is 0 Å². The molecule has 3 aromatic rings. The lowest BCUT2D eigenvalue weighted by Crippen LogP contribution is -2.61. The number of benzene rings is 3. The minimum Gasteiger partial charge on any atom is -0.389 e. The summed E-state index contributed by atoms with van der Waals surface area (Å²) in [5.74, 6) is -3.31. The largest absolute Gasteiger partial charge is 0.389 e. The molecule has 0 bridgehead atoms. The summed E-state index contributed by atoms with van der Waals surface area (Å²) in [6.07, 6.45) is 0.464. The number of aliphatic hydroxyl groups is 1. The Kier molecular flexibility index (Phi) is 13.1. The smallest absolute Gasteiger partial charge is 0.249 e. The molecule has 0 aromatic heterocycles. The molecule has 0 aliphatic carbocycles. The highest BCUT2D eigenvalue weighted by atomic mass is 19.1. The van der Waals surface area contributed by atoms with Gasteiger partial charge in [0.25, 0.3) is 0 Å². The molecule has 1 unspecified atom stereocenters. The summed E-state index contributed by atoms with van der Waals surface area (Å²) in [7, 11) is 0. The van der Waals surface area contributed by atoms with Crippen LogP contribution in [0.5, 0.6) is 0 Å². The quantitative estimate of drug-likeness (QED) is 0.172. The minimum atomic E-state index is -1.21. The first kappa shape index (κ1) is 39.0. The van der Waals surface area contributed by atoms with E-state index in [1.54, 1.807) is 12.1 Å². The van der Waals surface area contributed by atoms with Gasteiger partial charge < -0.3 is 30.7 Å². The molecule has 2 saturated heterocycles. The molecule has 52 heavy (non-hydrogen) atoms. The molecule has 2 fully saturated rings. The number of aliphatic hydroxyl groups excluding tert-OH is 1. The van der Waals surface area contributed by atoms with Crippen molar-refractivity contribution >= 4 is 17.7 Å². The van der Waals surface area contributed by atoms with E-state index in [4.69, 9.17) is 4.74 Å². The van der Waals surface area contributed by atoms with Gasteiger partial charge in [-0.3, -0.25) is 14.4 Å². The first-order chi connectivity index (χ1) is 24.9. The van der Waals surface area contributed by atoms with Crippen molar-refractivity contribution in [3.8, 4) is 0 Å². The molecule has 280 valence electrons. The van der Waals surface area contributed by atoms with Gasteiger partial charge in [-0.15, -0.1) is 0 Å². The molecule has 7 atom stereocenters. The van der Waals surface area contributed by atoms with E-state index in [9.17, 15) is 32.7 Å². The van der Waals surface area contributed by atoms with Gasteiger partial charge in [-0.25, -0.2) is 13.2 Å². The summed E-state index contributed by atoms with van der Waals surface area (Å²) >= 11 is 0. The van der Waals surface area contributed by atoms with Crippen LogP contribution >= 0.6 is 0 Å². The highest BCUT2D eigenvalue weighted by Gasteiger charge is 2.53. The van der Waals surface area contributed by atoms with Crippen LogP contribution in [0.1, 0.15) is 63.1 Å². The molecule has 2 aliphatic heterocycles. The van der Waals surface area contributed by atoms with Gasteiger partial charge in [-0.1, -0.05) is 62.7 Å². The van der Waals surface area contributed by atoms with Crippen molar-refractivity contribution in [1.29, 1.82) is 0 Å². The van der Waals surface area contributed by atoms with Crippen molar-refractivity contribution < 1.29 is 37.4 Å². The maximum Gasteiger partial charge on any atom is 0.249 e. The molecule has 12 heteroatoms. The van der Waals surface area contributed by atoms with E-state index in [1.165, 1.54) is 24.0 Å². The second-order valence-electron chi connectivity index (χ2n) is 14.1. The molecular formula is C40H49F3N4O5. The number of likely N-dealkylation sites (tertiary alicyclic amines) is 1. The average Bonchev–Trinajstić information content (AvgIpc) is 3.72. The molecule has 3 amide bonds. The minimum absolute atomic E-state index is 0.0943. The fourth-order valence-electron chi connectivity index (χ4n) is 7.51. The number of aryl methyl sites for hydroxylation is 1. The number of carbonyl (C=O) groups is 3. The lowest BCUT2D eigenvalue weighted by atomic mass is 9.81. The molecule has 5 rings (SSSR count). The highest BCUT2D eigenvalue weighted by Crippen LogP contribution is 2.35. The number of halogens is 3. The normalized spacial score (nSPS) is 22.5. The number of hydrogen-bond acceptors (Lipinski definition) is 6. The summed E-state index contributed by atoms with van der Waals surface area (Å²) < 4.78 is 48.0. The van der Waals surface area contributed by atoms with E-state index in [2.05, 4.69) is 16.0 Å². The lowest BCUT2D eigenvalue weighted by Gasteiger charge is -2.36. The van der Waals surface area contributed by atoms with Gasteiger partial charge in [-0.2, -0.15) is 0 Å². The van der Waals surface area contributed by atoms with Crippen LogP contribution in [0.25, 0.3) is 0 Å². The third-order valence-electron chi connectivity index (χ3n) is 10.5. The van der Waals surface area contributed by atoms with Crippen molar-refractivity contribution in [3.05, 3.63) is 107 Å². The van der Waals surface area contributed by atoms with Crippen LogP contribution in [-0.4, -0.2) is 76.7 Å². The van der Waals surface area contributed by atoms with Crippen LogP contribution in [0.3, 0.4) is 0 Å². The first-order valence-electron chi connectivity index (χ1n) is 18.0. The fraction of sp³-hybridized carbons (Fsp3) is 0.475. The summed E-state index contributed by atoms with van der Waals surface area (Å²) in [6.45, 7) is 6.10. The molecule has 0 saturated carbocycles. The molecule has 0 radical (unpaired) electrons. The number of ether oxygens (including phenoxy) is 1. The SMILES string of the molecule is CCC(C)[C@@]1(NC(C)=O)CCN([C@@H](CCc2ccccc2)C(=O)N[C@@H](Cc2cc(F)cc(F)c2)[C@H](O)[C@H]2C[C@@H](OCc3ccc(F)cc3)CN2)C1=O. The zero-order valence-corrected chi connectivity index (χ0v) is 29.9. The summed E-state index contributed by atoms with van der Waals surface area (Å²) in [6, 6.07) is 16.1. The van der Waals surface area contributed by atoms with E-state index >= 15 is 0 Å². The molecule has 4 N–H and O–H groups in total. The first-order valence-corrected chi connectivity index (χ1v) is 18.0. The number of nitrogens with zero attached hydrogens (tertiary/aromatic N) is 1. The molecule has 3 aromatic carbocycles. The standard InChI is InChI=1S/C40H49F3N4O5/c1-4-25(2)40(46-26(3)48)16-17-47(39(40)51)36(15-12-27-8-6-5-7-9-27)38(50)45-35(20-29-18-31(42)21-32(43)19-29)37(49)34-22-33(23-44-34)52-24-28-10-13-30(41)14-11-28/h5-11,13-14,18-19,21,25,33-37,44,49H,4,12,15-17,20,22-24H2,1-3H3,(H,45,50)(H,46,48)/t25?,33-,34-,35+,36+,37-,40+/m1/s1. The van der Waals surface area contributed by atoms with Crippen molar-refractivity contribution in [1.82, 2.24) is 20.9 Å². The Labute approximate surface area is 303 Å². The van der Waals surface area contributed by atoms with Gasteiger partial charge in [0.1, 0.15) is 29.0 Å². The maximum absolute atomic E-state index is 14.4. The van der Waals surface area contributed by atoms with Crippen molar-refractivity contribution in [2.75, 3.05) is 13.1 Å². The number of carbonyl (C=O) groups excluding carboxylic acids is 3. The third kappa shape index (κ3) is 9.58. The van der Waals surface area contributed by atoms with Gasteiger partial charge in [0, 0.05) is 32.1 Å². The van der Waals surface area contributed by atoms with Gasteiger partial charge in [0.15, 0.2) is 0 Å². The maximum atomic E-state index is 14.4. The van der Waals surface area contributed by atoms with E-state index in [0.717, 1.165) is 29.3 Å². The summed E-state index contributed by atoms with van der Waals surface area (Å²) in [4.78, 5) is 42.6. The Balaban J connectivity index is 1.38. The van der Waals surface area contributed by atoms with E-state index in [1.807, 2.05) is 44.2 Å². The van der Waals surface area contributed by atoms with Gasteiger partial charge in [0.2, 0.25) is 17.7 Å². The highest BCUT2D eigenvalue weighted by molar-refractivity contribution is 5.96. The second-order valence-corrected chi connectivity index (χ2v) is 14.1. The van der Waals surface area contributed by atoms with E-state index in [0.29, 0.717) is 32.2 Å². The van der Waals surface area contributed by atoms with Crippen LogP contribution in [0, 0.1) is 23.4 Å². The molecule has 9 nitrogen and oxygen atoms in total. The predicted molar refractivity (Wildman–Crippen MR) is 190 cm³/mol. The average molecular weight is 723 g/mol. The number of nitrogens with one attached hydrogen (secondary N) is 3. The number of hydrogen-bond donors (Lipinski definition) is 4. The van der Waals surface area contributed by atoms with E-state index < -0.39 is 47.3 Å². The lowest BCUT2D eigenvalue weighted by molar-refractivity contribution is -0.144. The third-order valence-corrected chi connectivity index (χ3v) is 10.5. The summed E-state index contributed by atoms with van der Waals surface area (Å²) in [5.41, 5.74) is 0.831. The van der Waals surface area contributed by atoms with Crippen LogP contribution in [-0.2, 0) is 38.6 Å². The molecule has 2 aliphatic rings. The van der Waals surface area contributed by atoms with E-state index in [-0.39, 0.29) is 61.2 Å². The van der Waals surface area contributed by atoms with Gasteiger partial charge in [0.05, 0.1) is 24.9 Å². The Morgan fingerprint density at radius 1 is 1.00 bits per heavy atom. The van der Waals surface area contributed by atoms with Crippen LogP contribution < -0.4 is 16.0 Å². The molecular weight excluding hydrogens is 673 g/mol. The second kappa shape index (κ2) is 17.5. The monoisotopic (exact) mass is 722 g/mol. The Hall–Kier alpha value is -4.26. The topological polar surface area (TPSA) is 120 Å². The van der Waals surface area contributed by atoms with Crippen LogP contribution in [0.15, 0.2) is 72.8 Å². The Bertz CT molecular complexity index is 1660.